The zero-order chi connectivity index (χ0) is 22.1. The molecule has 166 valence electrons. The van der Waals surface area contributed by atoms with Gasteiger partial charge in [-0.1, -0.05) is 65.8 Å². The zero-order valence-corrected chi connectivity index (χ0v) is 20.1. The summed E-state index contributed by atoms with van der Waals surface area (Å²) in [6.45, 7) is 14.6. The summed E-state index contributed by atoms with van der Waals surface area (Å²) >= 11 is 0. The fourth-order valence-corrected chi connectivity index (χ4v) is 5.08. The second-order valence-electron chi connectivity index (χ2n) is 10.3. The third-order valence-corrected chi connectivity index (χ3v) is 7.35. The Hall–Kier alpha value is -2.22. The number of hydrogen-bond donors (Lipinski definition) is 0. The summed E-state index contributed by atoms with van der Waals surface area (Å²) in [5.41, 5.74) is 6.50. The minimum Gasteiger partial charge on any atom is -0.493 e. The van der Waals surface area contributed by atoms with E-state index in [1.807, 2.05) is 6.26 Å². The monoisotopic (exact) mass is 418 g/mol. The third-order valence-electron chi connectivity index (χ3n) is 7.35. The van der Waals surface area contributed by atoms with Crippen LogP contribution >= 0.6 is 0 Å². The van der Waals surface area contributed by atoms with Crippen LogP contribution in [0.1, 0.15) is 107 Å². The molecule has 3 aromatic rings. The van der Waals surface area contributed by atoms with Gasteiger partial charge in [0.15, 0.2) is 0 Å². The standard InChI is InChI=1S/C29H38O2/c1-18(2)22-9-11-25-24(13-14-30-28(25)15-22)21(6)8-7-20(5)23-10-12-26-27(19(3)4)17-31-29(26)16-23/h9-12,15-21,24H,7-8,13-14H2,1-6H3. The Balaban J connectivity index is 1.43. The molecular weight excluding hydrogens is 380 g/mol. The first-order chi connectivity index (χ1) is 14.8. The molecule has 0 radical (unpaired) electrons. The molecule has 0 bridgehead atoms. The SMILES string of the molecule is CC(C)c1ccc2c(c1)OCCC2C(C)CCC(C)c1ccc2c(C(C)C)coc2c1. The smallest absolute Gasteiger partial charge is 0.134 e. The minimum absolute atomic E-state index is 0.490. The Morgan fingerprint density at radius 3 is 2.39 bits per heavy atom. The normalized spacial score (nSPS) is 18.3. The summed E-state index contributed by atoms with van der Waals surface area (Å²) in [5, 5.41) is 1.26. The van der Waals surface area contributed by atoms with E-state index in [1.165, 1.54) is 40.5 Å². The van der Waals surface area contributed by atoms with Gasteiger partial charge in [-0.15, -0.1) is 0 Å². The molecule has 2 heterocycles. The third kappa shape index (κ3) is 4.54. The van der Waals surface area contributed by atoms with E-state index in [2.05, 4.69) is 77.9 Å². The van der Waals surface area contributed by atoms with E-state index < -0.39 is 0 Å². The van der Waals surface area contributed by atoms with Crippen LogP contribution < -0.4 is 4.74 Å². The van der Waals surface area contributed by atoms with Crippen LogP contribution in [-0.4, -0.2) is 6.61 Å². The van der Waals surface area contributed by atoms with Gasteiger partial charge in [-0.2, -0.15) is 0 Å². The second kappa shape index (κ2) is 9.10. The Bertz CT molecular complexity index is 1030. The summed E-state index contributed by atoms with van der Waals surface area (Å²) in [6, 6.07) is 13.7. The maximum Gasteiger partial charge on any atom is 0.134 e. The lowest BCUT2D eigenvalue weighted by molar-refractivity contribution is 0.236. The van der Waals surface area contributed by atoms with Crippen molar-refractivity contribution in [3.05, 3.63) is 64.9 Å². The van der Waals surface area contributed by atoms with Gasteiger partial charge in [-0.05, 0) is 77.7 Å². The number of ether oxygens (including phenoxy) is 1. The molecule has 3 unspecified atom stereocenters. The van der Waals surface area contributed by atoms with Crippen LogP contribution in [0, 0.1) is 5.92 Å². The molecule has 2 aromatic carbocycles. The van der Waals surface area contributed by atoms with E-state index in [-0.39, 0.29) is 0 Å². The molecule has 1 aliphatic rings. The molecule has 2 nitrogen and oxygen atoms in total. The van der Waals surface area contributed by atoms with Crippen molar-refractivity contribution in [2.45, 2.75) is 84.5 Å². The predicted molar refractivity (Wildman–Crippen MR) is 131 cm³/mol. The van der Waals surface area contributed by atoms with Crippen molar-refractivity contribution >= 4 is 11.0 Å². The first-order valence-corrected chi connectivity index (χ1v) is 12.1. The first kappa shape index (κ1) is 22.0. The van der Waals surface area contributed by atoms with Crippen molar-refractivity contribution in [3.8, 4) is 5.75 Å². The van der Waals surface area contributed by atoms with E-state index in [0.717, 1.165) is 24.4 Å². The van der Waals surface area contributed by atoms with Gasteiger partial charge in [0.25, 0.3) is 0 Å². The largest absolute Gasteiger partial charge is 0.493 e. The Labute approximate surface area is 188 Å². The van der Waals surface area contributed by atoms with Crippen LogP contribution in [0.3, 0.4) is 0 Å². The molecule has 0 fully saturated rings. The first-order valence-electron chi connectivity index (χ1n) is 12.1. The highest BCUT2D eigenvalue weighted by molar-refractivity contribution is 5.82. The second-order valence-corrected chi connectivity index (χ2v) is 10.3. The number of fused-ring (bicyclic) bond motifs is 2. The summed E-state index contributed by atoms with van der Waals surface area (Å²) < 4.78 is 11.9. The maximum atomic E-state index is 6.04. The van der Waals surface area contributed by atoms with Crippen molar-refractivity contribution in [1.29, 1.82) is 0 Å². The van der Waals surface area contributed by atoms with E-state index >= 15 is 0 Å². The van der Waals surface area contributed by atoms with Crippen molar-refractivity contribution in [1.82, 2.24) is 0 Å². The molecular formula is C29H38O2. The average Bonchev–Trinajstić information content (AvgIpc) is 3.20. The number of benzene rings is 2. The van der Waals surface area contributed by atoms with E-state index in [0.29, 0.717) is 29.6 Å². The average molecular weight is 419 g/mol. The Morgan fingerprint density at radius 1 is 0.871 bits per heavy atom. The van der Waals surface area contributed by atoms with Gasteiger partial charge in [-0.25, -0.2) is 0 Å². The molecule has 2 heteroatoms. The summed E-state index contributed by atoms with van der Waals surface area (Å²) in [7, 11) is 0. The lowest BCUT2D eigenvalue weighted by Crippen LogP contribution is -2.20. The van der Waals surface area contributed by atoms with Gasteiger partial charge >= 0.3 is 0 Å². The van der Waals surface area contributed by atoms with Gasteiger partial charge in [0.05, 0.1) is 12.9 Å². The molecule has 0 saturated heterocycles. The predicted octanol–water partition coefficient (Wildman–Crippen LogP) is 8.77. The molecule has 0 spiro atoms. The van der Waals surface area contributed by atoms with Crippen LogP contribution in [0.5, 0.6) is 5.75 Å². The van der Waals surface area contributed by atoms with Crippen molar-refractivity contribution in [2.24, 2.45) is 5.92 Å². The van der Waals surface area contributed by atoms with Crippen LogP contribution in [0.15, 0.2) is 47.1 Å². The van der Waals surface area contributed by atoms with E-state index in [9.17, 15) is 0 Å². The van der Waals surface area contributed by atoms with Crippen molar-refractivity contribution < 1.29 is 9.15 Å². The van der Waals surface area contributed by atoms with Crippen molar-refractivity contribution in [2.75, 3.05) is 6.61 Å². The van der Waals surface area contributed by atoms with Gasteiger partial charge in [0.2, 0.25) is 0 Å². The molecule has 31 heavy (non-hydrogen) atoms. The van der Waals surface area contributed by atoms with E-state index in [4.69, 9.17) is 9.15 Å². The highest BCUT2D eigenvalue weighted by atomic mass is 16.5. The highest BCUT2D eigenvalue weighted by Gasteiger charge is 2.27. The number of rotatable bonds is 7. The summed E-state index contributed by atoms with van der Waals surface area (Å²) in [4.78, 5) is 0. The van der Waals surface area contributed by atoms with Crippen molar-refractivity contribution in [3.63, 3.8) is 0 Å². The maximum absolute atomic E-state index is 6.04. The van der Waals surface area contributed by atoms with Gasteiger partial charge in [0, 0.05) is 10.9 Å². The highest BCUT2D eigenvalue weighted by Crippen LogP contribution is 2.42. The lowest BCUT2D eigenvalue weighted by atomic mass is 9.78. The zero-order valence-electron chi connectivity index (χ0n) is 20.1. The molecule has 0 N–H and O–H groups in total. The minimum atomic E-state index is 0.490. The molecule has 3 atom stereocenters. The van der Waals surface area contributed by atoms with Crippen LogP contribution in [-0.2, 0) is 0 Å². The molecule has 0 amide bonds. The van der Waals surface area contributed by atoms with E-state index in [1.54, 1.807) is 0 Å². The van der Waals surface area contributed by atoms with Gasteiger partial charge < -0.3 is 9.15 Å². The fraction of sp³-hybridized carbons (Fsp3) is 0.517. The van der Waals surface area contributed by atoms with Crippen LogP contribution in [0.4, 0.5) is 0 Å². The number of hydrogen-bond acceptors (Lipinski definition) is 2. The molecule has 0 aliphatic carbocycles. The fourth-order valence-electron chi connectivity index (χ4n) is 5.08. The van der Waals surface area contributed by atoms with Gasteiger partial charge in [-0.3, -0.25) is 0 Å². The lowest BCUT2D eigenvalue weighted by Gasteiger charge is -2.31. The number of furan rings is 1. The summed E-state index contributed by atoms with van der Waals surface area (Å²) in [5.74, 6) is 3.92. The Kier molecular flexibility index (Phi) is 6.46. The van der Waals surface area contributed by atoms with Gasteiger partial charge in [0.1, 0.15) is 11.3 Å². The summed E-state index contributed by atoms with van der Waals surface area (Å²) in [6.07, 6.45) is 5.48. The molecule has 4 rings (SSSR count). The molecule has 1 aromatic heterocycles. The topological polar surface area (TPSA) is 22.4 Å². The Morgan fingerprint density at radius 2 is 1.65 bits per heavy atom. The van der Waals surface area contributed by atoms with Crippen LogP contribution in [0.2, 0.25) is 0 Å². The van der Waals surface area contributed by atoms with Crippen LogP contribution in [0.25, 0.3) is 11.0 Å². The molecule has 0 saturated carbocycles. The molecule has 1 aliphatic heterocycles. The quantitative estimate of drug-likeness (QED) is 0.382.